The fraction of sp³-hybridized carbons (Fsp3) is 0.538. The van der Waals surface area contributed by atoms with Gasteiger partial charge in [0, 0.05) is 17.6 Å². The summed E-state index contributed by atoms with van der Waals surface area (Å²) in [7, 11) is -3.44. The summed E-state index contributed by atoms with van der Waals surface area (Å²) in [5, 5.41) is 3.28. The van der Waals surface area contributed by atoms with Gasteiger partial charge in [-0.05, 0) is 53.0 Å². The van der Waals surface area contributed by atoms with E-state index in [9.17, 15) is 8.42 Å². The second kappa shape index (κ2) is 7.38. The number of nitrogens with one attached hydrogen (secondary N) is 2. The molecule has 4 nitrogen and oxygen atoms in total. The Balaban J connectivity index is 3.10. The molecular formula is C13H21BrN2O2S. The molecule has 19 heavy (non-hydrogen) atoms. The van der Waals surface area contributed by atoms with E-state index in [1.54, 1.807) is 13.0 Å². The zero-order chi connectivity index (χ0) is 14.5. The third kappa shape index (κ3) is 4.56. The van der Waals surface area contributed by atoms with Gasteiger partial charge in [-0.2, -0.15) is 0 Å². The number of aryl methyl sites for hydroxylation is 1. The highest BCUT2D eigenvalue weighted by Crippen LogP contribution is 2.27. The van der Waals surface area contributed by atoms with Crippen LogP contribution in [0.1, 0.15) is 31.4 Å². The summed E-state index contributed by atoms with van der Waals surface area (Å²) >= 11 is 3.36. The summed E-state index contributed by atoms with van der Waals surface area (Å²) in [6, 6.07) is 3.72. The van der Waals surface area contributed by atoms with Gasteiger partial charge in [-0.25, -0.2) is 13.1 Å². The second-order valence-electron chi connectivity index (χ2n) is 4.40. The Labute approximate surface area is 124 Å². The Kier molecular flexibility index (Phi) is 6.46. The van der Waals surface area contributed by atoms with Crippen molar-refractivity contribution in [3.63, 3.8) is 0 Å². The van der Waals surface area contributed by atoms with Crippen LogP contribution in [0.5, 0.6) is 0 Å². The maximum atomic E-state index is 12.1. The van der Waals surface area contributed by atoms with E-state index < -0.39 is 10.0 Å². The molecule has 1 rings (SSSR count). The summed E-state index contributed by atoms with van der Waals surface area (Å²) in [4.78, 5) is 0.308. The smallest absolute Gasteiger partial charge is 0.241 e. The van der Waals surface area contributed by atoms with Crippen LogP contribution >= 0.6 is 15.9 Å². The van der Waals surface area contributed by atoms with E-state index in [4.69, 9.17) is 0 Å². The van der Waals surface area contributed by atoms with Crippen LogP contribution in [0.4, 0.5) is 0 Å². The van der Waals surface area contributed by atoms with Crippen LogP contribution in [0, 0.1) is 6.92 Å². The topological polar surface area (TPSA) is 58.2 Å². The van der Waals surface area contributed by atoms with Crippen LogP contribution < -0.4 is 10.0 Å². The van der Waals surface area contributed by atoms with Crippen LogP contribution in [0.3, 0.4) is 0 Å². The Morgan fingerprint density at radius 1 is 1.26 bits per heavy atom. The number of hydrogen-bond donors (Lipinski definition) is 2. The summed E-state index contributed by atoms with van der Waals surface area (Å²) in [5.74, 6) is 0. The molecule has 2 N–H and O–H groups in total. The predicted octanol–water partition coefficient (Wildman–Crippen LogP) is 2.56. The predicted molar refractivity (Wildman–Crippen MR) is 81.7 cm³/mol. The number of halogens is 1. The monoisotopic (exact) mass is 348 g/mol. The third-order valence-corrected chi connectivity index (χ3v) is 5.55. The SMILES string of the molecule is CCCNCc1cc(C)c(Br)c(S(=O)(=O)NCC)c1. The number of sulfonamides is 1. The standard InChI is InChI=1S/C13H21BrN2O2S/c1-4-6-15-9-11-7-10(3)13(14)12(8-11)19(17,18)16-5-2/h7-8,15-16H,4-6,9H2,1-3H3. The van der Waals surface area contributed by atoms with Gasteiger partial charge in [-0.15, -0.1) is 0 Å². The molecule has 6 heteroatoms. The van der Waals surface area contributed by atoms with Crippen molar-refractivity contribution in [2.24, 2.45) is 0 Å². The van der Waals surface area contributed by atoms with Gasteiger partial charge in [0.05, 0.1) is 4.90 Å². The molecule has 0 aromatic heterocycles. The van der Waals surface area contributed by atoms with Gasteiger partial charge in [0.15, 0.2) is 0 Å². The first-order chi connectivity index (χ1) is 8.92. The van der Waals surface area contributed by atoms with Crippen molar-refractivity contribution in [3.05, 3.63) is 27.7 Å². The van der Waals surface area contributed by atoms with E-state index in [2.05, 4.69) is 32.9 Å². The summed E-state index contributed by atoms with van der Waals surface area (Å²) in [6.45, 7) is 7.75. The fourth-order valence-corrected chi connectivity index (χ4v) is 3.89. The first kappa shape index (κ1) is 16.6. The lowest BCUT2D eigenvalue weighted by Gasteiger charge is -2.12. The lowest BCUT2D eigenvalue weighted by molar-refractivity contribution is 0.583. The second-order valence-corrected chi connectivity index (χ2v) is 6.93. The van der Waals surface area contributed by atoms with Gasteiger partial charge in [0.2, 0.25) is 10.0 Å². The number of rotatable bonds is 7. The molecule has 0 aliphatic carbocycles. The molecule has 108 valence electrons. The Morgan fingerprint density at radius 3 is 2.53 bits per heavy atom. The molecule has 0 heterocycles. The quantitative estimate of drug-likeness (QED) is 0.744. The van der Waals surface area contributed by atoms with Crippen molar-refractivity contribution in [2.75, 3.05) is 13.1 Å². The normalized spacial score (nSPS) is 11.8. The molecule has 0 aliphatic heterocycles. The van der Waals surface area contributed by atoms with Crippen LogP contribution in [0.2, 0.25) is 0 Å². The van der Waals surface area contributed by atoms with Gasteiger partial charge in [0.25, 0.3) is 0 Å². The van der Waals surface area contributed by atoms with Crippen molar-refractivity contribution < 1.29 is 8.42 Å². The van der Waals surface area contributed by atoms with Crippen molar-refractivity contribution in [3.8, 4) is 0 Å². The molecule has 0 aliphatic rings. The van der Waals surface area contributed by atoms with Crippen molar-refractivity contribution in [1.82, 2.24) is 10.0 Å². The molecule has 0 bridgehead atoms. The number of hydrogen-bond acceptors (Lipinski definition) is 3. The highest BCUT2D eigenvalue weighted by molar-refractivity contribution is 9.10. The first-order valence-corrected chi connectivity index (χ1v) is 8.69. The van der Waals surface area contributed by atoms with E-state index >= 15 is 0 Å². The molecule has 0 saturated heterocycles. The Hall–Kier alpha value is -0.430. The van der Waals surface area contributed by atoms with Crippen molar-refractivity contribution in [2.45, 2.75) is 38.6 Å². The summed E-state index contributed by atoms with van der Waals surface area (Å²) < 4.78 is 27.4. The van der Waals surface area contributed by atoms with Gasteiger partial charge in [-0.1, -0.05) is 19.9 Å². The highest BCUT2D eigenvalue weighted by Gasteiger charge is 2.18. The van der Waals surface area contributed by atoms with Crippen LogP contribution in [-0.4, -0.2) is 21.5 Å². The van der Waals surface area contributed by atoms with E-state index in [1.165, 1.54) is 0 Å². The van der Waals surface area contributed by atoms with E-state index in [0.717, 1.165) is 24.1 Å². The van der Waals surface area contributed by atoms with Gasteiger partial charge in [0.1, 0.15) is 0 Å². The largest absolute Gasteiger partial charge is 0.313 e. The van der Waals surface area contributed by atoms with E-state index in [-0.39, 0.29) is 0 Å². The zero-order valence-electron chi connectivity index (χ0n) is 11.6. The van der Waals surface area contributed by atoms with Crippen molar-refractivity contribution in [1.29, 1.82) is 0 Å². The third-order valence-electron chi connectivity index (χ3n) is 2.66. The maximum absolute atomic E-state index is 12.1. The minimum absolute atomic E-state index is 0.308. The molecule has 1 aromatic carbocycles. The van der Waals surface area contributed by atoms with Gasteiger partial charge < -0.3 is 5.32 Å². The lowest BCUT2D eigenvalue weighted by Crippen LogP contribution is -2.24. The Morgan fingerprint density at radius 2 is 1.95 bits per heavy atom. The van der Waals surface area contributed by atoms with Crippen LogP contribution in [-0.2, 0) is 16.6 Å². The minimum atomic E-state index is -3.44. The molecular weight excluding hydrogens is 328 g/mol. The molecule has 0 radical (unpaired) electrons. The van der Waals surface area contributed by atoms with Gasteiger partial charge in [-0.3, -0.25) is 0 Å². The van der Waals surface area contributed by atoms with Crippen LogP contribution in [0.15, 0.2) is 21.5 Å². The molecule has 0 atom stereocenters. The lowest BCUT2D eigenvalue weighted by atomic mass is 10.1. The average molecular weight is 349 g/mol. The van der Waals surface area contributed by atoms with Crippen molar-refractivity contribution >= 4 is 26.0 Å². The minimum Gasteiger partial charge on any atom is -0.313 e. The first-order valence-electron chi connectivity index (χ1n) is 6.41. The average Bonchev–Trinajstić information content (AvgIpc) is 2.33. The van der Waals surface area contributed by atoms with Gasteiger partial charge >= 0.3 is 0 Å². The summed E-state index contributed by atoms with van der Waals surface area (Å²) in [6.07, 6.45) is 1.05. The zero-order valence-corrected chi connectivity index (χ0v) is 14.0. The molecule has 0 saturated carbocycles. The Bertz CT molecular complexity index is 530. The molecule has 0 amide bonds. The fourth-order valence-electron chi connectivity index (χ4n) is 1.78. The maximum Gasteiger partial charge on any atom is 0.241 e. The molecule has 1 aromatic rings. The van der Waals surface area contributed by atoms with Crippen LogP contribution in [0.25, 0.3) is 0 Å². The molecule has 0 spiro atoms. The van der Waals surface area contributed by atoms with E-state index in [0.29, 0.717) is 22.5 Å². The molecule has 0 unspecified atom stereocenters. The highest BCUT2D eigenvalue weighted by atomic mass is 79.9. The summed E-state index contributed by atoms with van der Waals surface area (Å²) in [5.41, 5.74) is 1.90. The van der Waals surface area contributed by atoms with E-state index in [1.807, 2.05) is 13.0 Å². The molecule has 0 fully saturated rings. The number of benzene rings is 1.